The maximum absolute atomic E-state index is 13.5. The minimum absolute atomic E-state index is 0.195. The second-order valence-electron chi connectivity index (χ2n) is 7.81. The van der Waals surface area contributed by atoms with E-state index in [0.717, 1.165) is 21.9 Å². The van der Waals surface area contributed by atoms with Gasteiger partial charge in [0.2, 0.25) is 0 Å². The van der Waals surface area contributed by atoms with Gasteiger partial charge in [-0.05, 0) is 56.0 Å². The minimum atomic E-state index is -0.550. The maximum atomic E-state index is 13.5. The van der Waals surface area contributed by atoms with Gasteiger partial charge in [-0.25, -0.2) is 4.99 Å². The smallest absolute Gasteiger partial charge is 0.271 e. The summed E-state index contributed by atoms with van der Waals surface area (Å²) >= 11 is 2.81. The molecule has 1 unspecified atom stereocenters. The highest BCUT2D eigenvalue weighted by Crippen LogP contribution is 2.33. The number of thiophene rings is 1. The molecule has 4 heterocycles. The molecule has 6 nitrogen and oxygen atoms in total. The quantitative estimate of drug-likeness (QED) is 0.482. The molecule has 4 aromatic rings. The first-order chi connectivity index (χ1) is 15.9. The number of carbonyl (C=O) groups is 1. The van der Waals surface area contributed by atoms with Crippen LogP contribution in [-0.4, -0.2) is 10.5 Å². The molecule has 33 heavy (non-hydrogen) atoms. The van der Waals surface area contributed by atoms with E-state index in [9.17, 15) is 9.59 Å². The zero-order chi connectivity index (χ0) is 23.1. The van der Waals surface area contributed by atoms with Crippen LogP contribution in [0.2, 0.25) is 0 Å². The molecule has 0 spiro atoms. The highest BCUT2D eigenvalue weighted by atomic mass is 32.1. The van der Waals surface area contributed by atoms with Gasteiger partial charge in [0.05, 0.1) is 15.8 Å². The van der Waals surface area contributed by atoms with Crippen LogP contribution < -0.4 is 20.2 Å². The third-order valence-corrected chi connectivity index (χ3v) is 7.41. The van der Waals surface area contributed by atoms with Gasteiger partial charge in [0.15, 0.2) is 4.80 Å². The summed E-state index contributed by atoms with van der Waals surface area (Å²) in [5.74, 6) is 1.12. The van der Waals surface area contributed by atoms with E-state index in [1.807, 2.05) is 74.7 Å². The van der Waals surface area contributed by atoms with Gasteiger partial charge in [-0.2, -0.15) is 0 Å². The molecule has 3 aromatic heterocycles. The van der Waals surface area contributed by atoms with E-state index in [-0.39, 0.29) is 11.5 Å². The van der Waals surface area contributed by atoms with Crippen LogP contribution in [0.5, 0.6) is 0 Å². The molecular weight excluding hydrogens is 454 g/mol. The van der Waals surface area contributed by atoms with Gasteiger partial charge in [0.1, 0.15) is 17.6 Å². The molecule has 1 aliphatic heterocycles. The molecule has 0 bridgehead atoms. The number of benzene rings is 1. The normalized spacial score (nSPS) is 16.0. The number of aromatic nitrogens is 1. The first-order valence-corrected chi connectivity index (χ1v) is 12.1. The van der Waals surface area contributed by atoms with E-state index >= 15 is 0 Å². The van der Waals surface area contributed by atoms with E-state index in [0.29, 0.717) is 26.4 Å². The number of amides is 1. The number of para-hydroxylation sites is 1. The fourth-order valence-corrected chi connectivity index (χ4v) is 5.74. The van der Waals surface area contributed by atoms with Gasteiger partial charge >= 0.3 is 0 Å². The minimum Gasteiger partial charge on any atom is -0.462 e. The third kappa shape index (κ3) is 3.92. The maximum Gasteiger partial charge on any atom is 0.271 e. The summed E-state index contributed by atoms with van der Waals surface area (Å²) in [6.45, 7) is 5.62. The number of nitrogens with zero attached hydrogens (tertiary/aromatic N) is 2. The molecular formula is C25H21N3O3S2. The number of carbonyl (C=O) groups excluding carboxylic acids is 1. The molecule has 1 aromatic carbocycles. The first kappa shape index (κ1) is 21.4. The van der Waals surface area contributed by atoms with Crippen LogP contribution in [0.1, 0.15) is 34.9 Å². The Morgan fingerprint density at radius 2 is 1.94 bits per heavy atom. The number of thiazole rings is 1. The average molecular weight is 476 g/mol. The van der Waals surface area contributed by atoms with Gasteiger partial charge in [-0.15, -0.1) is 11.3 Å². The van der Waals surface area contributed by atoms with Crippen molar-refractivity contribution in [3.8, 4) is 0 Å². The topological polar surface area (TPSA) is 76.6 Å². The lowest BCUT2D eigenvalue weighted by atomic mass is 10.0. The summed E-state index contributed by atoms with van der Waals surface area (Å²) in [5, 5.41) is 4.96. The lowest BCUT2D eigenvalue weighted by Gasteiger charge is -2.24. The molecule has 1 amide bonds. The second-order valence-corrected chi connectivity index (χ2v) is 9.80. The van der Waals surface area contributed by atoms with Crippen molar-refractivity contribution in [1.29, 1.82) is 0 Å². The molecule has 166 valence electrons. The average Bonchev–Trinajstić information content (AvgIpc) is 3.51. The summed E-state index contributed by atoms with van der Waals surface area (Å²) in [6, 6.07) is 14.6. The van der Waals surface area contributed by atoms with E-state index in [2.05, 4.69) is 10.3 Å². The number of aryl methyl sites for hydroxylation is 2. The van der Waals surface area contributed by atoms with E-state index in [1.165, 1.54) is 22.7 Å². The summed E-state index contributed by atoms with van der Waals surface area (Å²) < 4.78 is 7.77. The number of nitrogens with one attached hydrogen (secondary N) is 1. The Hall–Kier alpha value is -3.49. The molecule has 0 aliphatic carbocycles. The predicted octanol–water partition coefficient (Wildman–Crippen LogP) is 4.15. The van der Waals surface area contributed by atoms with Gasteiger partial charge in [0, 0.05) is 16.6 Å². The fourth-order valence-electron chi connectivity index (χ4n) is 3.89. The highest BCUT2D eigenvalue weighted by Gasteiger charge is 2.33. The van der Waals surface area contributed by atoms with Gasteiger partial charge < -0.3 is 9.73 Å². The summed E-state index contributed by atoms with van der Waals surface area (Å²) in [5.41, 5.74) is 2.57. The summed E-state index contributed by atoms with van der Waals surface area (Å²) in [6.07, 6.45) is 1.73. The Morgan fingerprint density at radius 3 is 2.64 bits per heavy atom. The molecule has 5 rings (SSSR count). The van der Waals surface area contributed by atoms with Crippen molar-refractivity contribution in [1.82, 2.24) is 4.57 Å². The lowest BCUT2D eigenvalue weighted by Crippen LogP contribution is -2.40. The monoisotopic (exact) mass is 475 g/mol. The Morgan fingerprint density at radius 1 is 1.12 bits per heavy atom. The Kier molecular flexibility index (Phi) is 5.47. The number of furan rings is 1. The van der Waals surface area contributed by atoms with Crippen molar-refractivity contribution in [2.24, 2.45) is 4.99 Å². The summed E-state index contributed by atoms with van der Waals surface area (Å²) in [4.78, 5) is 33.1. The van der Waals surface area contributed by atoms with Crippen LogP contribution in [0.3, 0.4) is 0 Å². The largest absolute Gasteiger partial charge is 0.462 e. The SMILES string of the molecule is CC1=C(C(=O)Nc2ccccc2C)C(c2cccs2)n2c(s/c(=C/c3ccc(C)o3)c2=O)=N1. The van der Waals surface area contributed by atoms with Crippen LogP contribution in [0.25, 0.3) is 6.08 Å². The van der Waals surface area contributed by atoms with Crippen LogP contribution in [-0.2, 0) is 4.79 Å². The highest BCUT2D eigenvalue weighted by molar-refractivity contribution is 7.10. The Labute approximate surface area is 197 Å². The second kappa shape index (κ2) is 8.46. The molecule has 0 saturated heterocycles. The first-order valence-electron chi connectivity index (χ1n) is 10.4. The number of anilines is 1. The standard InChI is InChI=1S/C25H21N3O3S2/c1-14-7-4-5-8-18(14)27-23(29)21-16(3)26-25-28(22(21)19-9-6-12-32-19)24(30)20(33-25)13-17-11-10-15(2)31-17/h4-13,22H,1-3H3,(H,27,29)/b20-13+. The number of allylic oxidation sites excluding steroid dienone is 1. The summed E-state index contributed by atoms with van der Waals surface area (Å²) in [7, 11) is 0. The van der Waals surface area contributed by atoms with E-state index in [1.54, 1.807) is 10.6 Å². The molecule has 0 saturated carbocycles. The lowest BCUT2D eigenvalue weighted by molar-refractivity contribution is -0.113. The van der Waals surface area contributed by atoms with E-state index < -0.39 is 6.04 Å². The zero-order valence-electron chi connectivity index (χ0n) is 18.3. The third-order valence-electron chi connectivity index (χ3n) is 5.51. The van der Waals surface area contributed by atoms with Crippen molar-refractivity contribution in [3.05, 3.63) is 107 Å². The van der Waals surface area contributed by atoms with Gasteiger partial charge in [-0.3, -0.25) is 14.2 Å². The zero-order valence-corrected chi connectivity index (χ0v) is 19.9. The molecule has 8 heteroatoms. The Balaban J connectivity index is 1.65. The number of rotatable bonds is 4. The molecule has 1 aliphatic rings. The molecule has 0 fully saturated rings. The molecule has 1 atom stereocenters. The van der Waals surface area contributed by atoms with Crippen molar-refractivity contribution < 1.29 is 9.21 Å². The molecule has 1 N–H and O–H groups in total. The van der Waals surface area contributed by atoms with Crippen molar-refractivity contribution >= 4 is 40.3 Å². The van der Waals surface area contributed by atoms with Gasteiger partial charge in [-0.1, -0.05) is 35.6 Å². The van der Waals surface area contributed by atoms with Crippen molar-refractivity contribution in [3.63, 3.8) is 0 Å². The number of fused-ring (bicyclic) bond motifs is 1. The van der Waals surface area contributed by atoms with Crippen LogP contribution >= 0.6 is 22.7 Å². The fraction of sp³-hybridized carbons (Fsp3) is 0.160. The van der Waals surface area contributed by atoms with E-state index in [4.69, 9.17) is 4.42 Å². The number of hydrogen-bond acceptors (Lipinski definition) is 6. The van der Waals surface area contributed by atoms with Crippen LogP contribution in [0.15, 0.2) is 79.4 Å². The van der Waals surface area contributed by atoms with Crippen molar-refractivity contribution in [2.75, 3.05) is 5.32 Å². The number of hydrogen-bond donors (Lipinski definition) is 1. The van der Waals surface area contributed by atoms with Crippen LogP contribution in [0, 0.1) is 13.8 Å². The van der Waals surface area contributed by atoms with Gasteiger partial charge in [0.25, 0.3) is 11.5 Å². The predicted molar refractivity (Wildman–Crippen MR) is 131 cm³/mol. The molecule has 0 radical (unpaired) electrons. The Bertz CT molecular complexity index is 1570. The van der Waals surface area contributed by atoms with Crippen LogP contribution in [0.4, 0.5) is 5.69 Å². The van der Waals surface area contributed by atoms with Crippen molar-refractivity contribution in [2.45, 2.75) is 26.8 Å².